The van der Waals surface area contributed by atoms with Gasteiger partial charge in [0.15, 0.2) is 0 Å². The minimum Gasteiger partial charge on any atom is -0.465 e. The van der Waals surface area contributed by atoms with E-state index < -0.39 is 6.09 Å². The number of carboxylic acid groups (broad SMARTS) is 1. The fraction of sp³-hybridized carbons (Fsp3) is 0.778. The predicted octanol–water partition coefficient (Wildman–Crippen LogP) is 1.36. The molecule has 1 N–H and O–H groups in total. The molecule has 0 radical (unpaired) electrons. The molecule has 0 aromatic rings. The Bertz CT molecular complexity index is 229. The zero-order valence-corrected chi connectivity index (χ0v) is 8.04. The van der Waals surface area contributed by atoms with Gasteiger partial charge in [0.1, 0.15) is 5.78 Å². The smallest absolute Gasteiger partial charge is 0.407 e. The highest BCUT2D eigenvalue weighted by Gasteiger charge is 2.35. The van der Waals surface area contributed by atoms with Gasteiger partial charge in [-0.3, -0.25) is 4.79 Å². The number of Topliss-reactive ketones (excluding diaryl/α,β-unsaturated/α-hetero) is 1. The molecular weight excluding hydrogens is 170 g/mol. The van der Waals surface area contributed by atoms with Gasteiger partial charge in [0.2, 0.25) is 0 Å². The summed E-state index contributed by atoms with van der Waals surface area (Å²) in [5, 5.41) is 8.69. The quantitative estimate of drug-likeness (QED) is 0.671. The Kier molecular flexibility index (Phi) is 2.59. The van der Waals surface area contributed by atoms with E-state index in [-0.39, 0.29) is 11.2 Å². The van der Waals surface area contributed by atoms with E-state index in [2.05, 4.69) is 0 Å². The average Bonchev–Trinajstić information content (AvgIpc) is 2.04. The van der Waals surface area contributed by atoms with E-state index in [4.69, 9.17) is 5.11 Å². The highest BCUT2D eigenvalue weighted by Crippen LogP contribution is 2.31. The number of hydrogen-bond donors (Lipinski definition) is 1. The SMILES string of the molecule is CC(=O)C1(C)CCN(C(=O)O)CC1. The van der Waals surface area contributed by atoms with Crippen molar-refractivity contribution in [2.75, 3.05) is 13.1 Å². The van der Waals surface area contributed by atoms with Gasteiger partial charge >= 0.3 is 6.09 Å². The number of hydrogen-bond acceptors (Lipinski definition) is 2. The Morgan fingerprint density at radius 1 is 1.31 bits per heavy atom. The lowest BCUT2D eigenvalue weighted by Crippen LogP contribution is -2.44. The minimum absolute atomic E-state index is 0.164. The molecule has 0 bridgehead atoms. The van der Waals surface area contributed by atoms with Crippen LogP contribution in [-0.2, 0) is 4.79 Å². The van der Waals surface area contributed by atoms with Crippen LogP contribution in [0.3, 0.4) is 0 Å². The lowest BCUT2D eigenvalue weighted by atomic mass is 9.77. The van der Waals surface area contributed by atoms with Crippen molar-refractivity contribution in [1.82, 2.24) is 4.90 Å². The van der Waals surface area contributed by atoms with Crippen LogP contribution < -0.4 is 0 Å². The Morgan fingerprint density at radius 2 is 1.77 bits per heavy atom. The van der Waals surface area contributed by atoms with Crippen LogP contribution in [0.1, 0.15) is 26.7 Å². The second-order valence-electron chi connectivity index (χ2n) is 3.89. The van der Waals surface area contributed by atoms with Crippen molar-refractivity contribution in [2.45, 2.75) is 26.7 Å². The first kappa shape index (κ1) is 10.0. The Balaban J connectivity index is 2.56. The monoisotopic (exact) mass is 185 g/mol. The zero-order chi connectivity index (χ0) is 10.1. The van der Waals surface area contributed by atoms with Gasteiger partial charge in [-0.05, 0) is 19.8 Å². The molecule has 1 amide bonds. The highest BCUT2D eigenvalue weighted by atomic mass is 16.4. The normalized spacial score (nSPS) is 21.2. The standard InChI is InChI=1S/C9H15NO3/c1-7(11)9(2)3-5-10(6-4-9)8(12)13/h3-6H2,1-2H3,(H,12,13). The maximum absolute atomic E-state index is 11.2. The molecule has 0 aliphatic carbocycles. The molecule has 1 aliphatic heterocycles. The van der Waals surface area contributed by atoms with Crippen molar-refractivity contribution in [1.29, 1.82) is 0 Å². The van der Waals surface area contributed by atoms with Gasteiger partial charge in [0, 0.05) is 18.5 Å². The first-order valence-corrected chi connectivity index (χ1v) is 4.45. The summed E-state index contributed by atoms with van der Waals surface area (Å²) in [5.74, 6) is 0.164. The van der Waals surface area contributed by atoms with Gasteiger partial charge in [-0.15, -0.1) is 0 Å². The molecule has 0 aromatic heterocycles. The molecule has 0 spiro atoms. The van der Waals surface area contributed by atoms with E-state index in [0.717, 1.165) is 0 Å². The number of likely N-dealkylation sites (tertiary alicyclic amines) is 1. The topological polar surface area (TPSA) is 57.6 Å². The number of ketones is 1. The van der Waals surface area contributed by atoms with Crippen LogP contribution in [0.4, 0.5) is 4.79 Å². The van der Waals surface area contributed by atoms with Crippen LogP contribution in [-0.4, -0.2) is 35.0 Å². The largest absolute Gasteiger partial charge is 0.465 e. The average molecular weight is 185 g/mol. The third-order valence-electron chi connectivity index (χ3n) is 2.99. The molecule has 1 saturated heterocycles. The molecular formula is C9H15NO3. The summed E-state index contributed by atoms with van der Waals surface area (Å²) >= 11 is 0. The molecule has 1 heterocycles. The fourth-order valence-electron chi connectivity index (χ4n) is 1.54. The molecule has 0 saturated carbocycles. The number of nitrogens with zero attached hydrogens (tertiary/aromatic N) is 1. The maximum atomic E-state index is 11.2. The van der Waals surface area contributed by atoms with Crippen LogP contribution in [0.2, 0.25) is 0 Å². The molecule has 4 nitrogen and oxygen atoms in total. The van der Waals surface area contributed by atoms with Crippen molar-refractivity contribution >= 4 is 11.9 Å². The van der Waals surface area contributed by atoms with Gasteiger partial charge in [-0.2, -0.15) is 0 Å². The molecule has 0 unspecified atom stereocenters. The summed E-state index contributed by atoms with van der Waals surface area (Å²) in [6, 6.07) is 0. The van der Waals surface area contributed by atoms with E-state index in [0.29, 0.717) is 25.9 Å². The van der Waals surface area contributed by atoms with Crippen LogP contribution >= 0.6 is 0 Å². The molecule has 0 aromatic carbocycles. The molecule has 4 heteroatoms. The summed E-state index contributed by atoms with van der Waals surface area (Å²) in [4.78, 5) is 23.2. The fourth-order valence-corrected chi connectivity index (χ4v) is 1.54. The van der Waals surface area contributed by atoms with E-state index in [1.807, 2.05) is 6.92 Å². The van der Waals surface area contributed by atoms with Crippen molar-refractivity contribution in [3.8, 4) is 0 Å². The molecule has 1 aliphatic rings. The van der Waals surface area contributed by atoms with Crippen LogP contribution in [0.5, 0.6) is 0 Å². The number of carbonyl (C=O) groups excluding carboxylic acids is 1. The molecule has 13 heavy (non-hydrogen) atoms. The van der Waals surface area contributed by atoms with E-state index >= 15 is 0 Å². The minimum atomic E-state index is -0.884. The number of amides is 1. The second-order valence-corrected chi connectivity index (χ2v) is 3.89. The number of piperidine rings is 1. The Labute approximate surface area is 77.5 Å². The summed E-state index contributed by atoms with van der Waals surface area (Å²) in [6.45, 7) is 4.45. The van der Waals surface area contributed by atoms with Crippen LogP contribution in [0.15, 0.2) is 0 Å². The van der Waals surface area contributed by atoms with Crippen LogP contribution in [0.25, 0.3) is 0 Å². The van der Waals surface area contributed by atoms with E-state index in [1.165, 1.54) is 4.90 Å². The van der Waals surface area contributed by atoms with Crippen molar-refractivity contribution in [3.63, 3.8) is 0 Å². The Morgan fingerprint density at radius 3 is 2.08 bits per heavy atom. The van der Waals surface area contributed by atoms with Gasteiger partial charge < -0.3 is 10.0 Å². The first-order valence-electron chi connectivity index (χ1n) is 4.45. The third-order valence-corrected chi connectivity index (χ3v) is 2.99. The third kappa shape index (κ3) is 1.99. The van der Waals surface area contributed by atoms with Gasteiger partial charge in [0.25, 0.3) is 0 Å². The van der Waals surface area contributed by atoms with Gasteiger partial charge in [0.05, 0.1) is 0 Å². The zero-order valence-electron chi connectivity index (χ0n) is 8.04. The van der Waals surface area contributed by atoms with Crippen molar-refractivity contribution in [2.24, 2.45) is 5.41 Å². The molecule has 74 valence electrons. The van der Waals surface area contributed by atoms with E-state index in [9.17, 15) is 9.59 Å². The van der Waals surface area contributed by atoms with Crippen molar-refractivity contribution < 1.29 is 14.7 Å². The lowest BCUT2D eigenvalue weighted by molar-refractivity contribution is -0.127. The first-order chi connectivity index (χ1) is 5.96. The van der Waals surface area contributed by atoms with Crippen molar-refractivity contribution in [3.05, 3.63) is 0 Å². The summed E-state index contributed by atoms with van der Waals surface area (Å²) in [6.07, 6.45) is 0.411. The van der Waals surface area contributed by atoms with Gasteiger partial charge in [-0.1, -0.05) is 6.92 Å². The highest BCUT2D eigenvalue weighted by molar-refractivity contribution is 5.82. The molecule has 0 atom stereocenters. The second kappa shape index (κ2) is 3.36. The van der Waals surface area contributed by atoms with Gasteiger partial charge in [-0.25, -0.2) is 4.79 Å². The molecule has 1 fully saturated rings. The summed E-state index contributed by atoms with van der Waals surface area (Å²) in [5.41, 5.74) is -0.300. The molecule has 1 rings (SSSR count). The lowest BCUT2D eigenvalue weighted by Gasteiger charge is -2.36. The Hall–Kier alpha value is -1.06. The summed E-state index contributed by atoms with van der Waals surface area (Å²) < 4.78 is 0. The number of rotatable bonds is 1. The maximum Gasteiger partial charge on any atom is 0.407 e. The predicted molar refractivity (Wildman–Crippen MR) is 47.6 cm³/mol. The number of carbonyl (C=O) groups is 2. The summed E-state index contributed by atoms with van der Waals surface area (Å²) in [7, 11) is 0. The van der Waals surface area contributed by atoms with E-state index in [1.54, 1.807) is 6.92 Å². The van der Waals surface area contributed by atoms with Crippen LogP contribution in [0, 0.1) is 5.41 Å².